The van der Waals surface area contributed by atoms with E-state index in [1.54, 1.807) is 12.1 Å². The molecule has 0 radical (unpaired) electrons. The van der Waals surface area contributed by atoms with Crippen LogP contribution in [0.3, 0.4) is 0 Å². The van der Waals surface area contributed by atoms with E-state index in [-0.39, 0.29) is 12.1 Å². The first-order valence-electron chi connectivity index (χ1n) is 10.1. The van der Waals surface area contributed by atoms with Crippen molar-refractivity contribution in [2.75, 3.05) is 6.26 Å². The van der Waals surface area contributed by atoms with Gasteiger partial charge in [0, 0.05) is 35.6 Å². The number of amides is 1. The van der Waals surface area contributed by atoms with Gasteiger partial charge in [-0.3, -0.25) is 9.88 Å². The molecule has 0 saturated heterocycles. The second-order valence-corrected chi connectivity index (χ2v) is 10.2. The number of rotatable bonds is 4. The average molecular weight is 440 g/mol. The van der Waals surface area contributed by atoms with Crippen LogP contribution in [0.1, 0.15) is 31.5 Å². The lowest BCUT2D eigenvalue weighted by atomic mass is 9.93. The van der Waals surface area contributed by atoms with Crippen molar-refractivity contribution in [1.29, 1.82) is 0 Å². The molecule has 0 fully saturated rings. The van der Waals surface area contributed by atoms with Gasteiger partial charge in [-0.15, -0.1) is 0 Å². The third-order valence-electron chi connectivity index (χ3n) is 5.79. The summed E-state index contributed by atoms with van der Waals surface area (Å²) >= 11 is 0. The fourth-order valence-corrected chi connectivity index (χ4v) is 4.92. The van der Waals surface area contributed by atoms with Gasteiger partial charge in [0.2, 0.25) is 0 Å². The van der Waals surface area contributed by atoms with Crippen molar-refractivity contribution in [3.05, 3.63) is 66.1 Å². The number of hydrogen-bond donors (Lipinski definition) is 1. The third kappa shape index (κ3) is 4.20. The van der Waals surface area contributed by atoms with Gasteiger partial charge in [0.05, 0.1) is 23.2 Å². The summed E-state index contributed by atoms with van der Waals surface area (Å²) in [6.45, 7) is 4.38. The normalized spacial score (nSPS) is 19.5. The molecular weight excluding hydrogens is 414 g/mol. The Hall–Kier alpha value is -3.13. The Labute approximate surface area is 181 Å². The van der Waals surface area contributed by atoms with Gasteiger partial charge in [-0.25, -0.2) is 13.2 Å². The van der Waals surface area contributed by atoms with Crippen LogP contribution in [-0.2, 0) is 16.4 Å². The van der Waals surface area contributed by atoms with Crippen LogP contribution in [0, 0.1) is 0 Å². The maximum absolute atomic E-state index is 11.8. The number of carboxylic acid groups (broad SMARTS) is 1. The average Bonchev–Trinajstić information content (AvgIpc) is 3.09. The van der Waals surface area contributed by atoms with Crippen molar-refractivity contribution < 1.29 is 18.3 Å². The van der Waals surface area contributed by atoms with Crippen molar-refractivity contribution in [2.24, 2.45) is 0 Å². The van der Waals surface area contributed by atoms with Crippen molar-refractivity contribution in [3.63, 3.8) is 0 Å². The molecule has 1 aliphatic heterocycles. The first-order chi connectivity index (χ1) is 14.6. The highest BCUT2D eigenvalue weighted by Crippen LogP contribution is 2.29. The Morgan fingerprint density at radius 2 is 1.97 bits per heavy atom. The number of pyridine rings is 1. The Bertz CT molecular complexity index is 1280. The standard InChI is InChI=1S/C23H25N3O4S/c1-15-10-19(11-16(2)26(15)23(27)28)18-4-5-20(24-13-18)14-25-9-8-17-12-21(31(3,29)30)6-7-22(17)25/h4-10,12-13,15-16H,11,14H2,1-3H3,(H,27,28)/t15-,16-/m0/s1. The molecule has 0 spiro atoms. The van der Waals surface area contributed by atoms with Gasteiger partial charge in [-0.05, 0) is 61.7 Å². The maximum atomic E-state index is 11.8. The quantitative estimate of drug-likeness (QED) is 0.663. The Balaban J connectivity index is 1.54. The summed E-state index contributed by atoms with van der Waals surface area (Å²) in [5, 5.41) is 10.3. The van der Waals surface area contributed by atoms with Crippen LogP contribution in [0.5, 0.6) is 0 Å². The predicted molar refractivity (Wildman–Crippen MR) is 120 cm³/mol. The molecular formula is C23H25N3O4S. The number of nitrogens with zero attached hydrogens (tertiary/aromatic N) is 3. The molecule has 4 rings (SSSR count). The van der Waals surface area contributed by atoms with Crippen LogP contribution in [0.25, 0.3) is 16.5 Å². The number of benzene rings is 1. The summed E-state index contributed by atoms with van der Waals surface area (Å²) in [6, 6.07) is 10.8. The zero-order chi connectivity index (χ0) is 22.3. The minimum Gasteiger partial charge on any atom is -0.465 e. The van der Waals surface area contributed by atoms with Gasteiger partial charge in [-0.1, -0.05) is 12.1 Å². The van der Waals surface area contributed by atoms with Crippen molar-refractivity contribution in [3.8, 4) is 0 Å². The molecule has 1 amide bonds. The van der Waals surface area contributed by atoms with Crippen molar-refractivity contribution >= 4 is 32.4 Å². The molecule has 0 saturated carbocycles. The summed E-state index contributed by atoms with van der Waals surface area (Å²) < 4.78 is 25.6. The van der Waals surface area contributed by atoms with E-state index < -0.39 is 15.9 Å². The highest BCUT2D eigenvalue weighted by atomic mass is 32.2. The van der Waals surface area contributed by atoms with Gasteiger partial charge in [0.1, 0.15) is 0 Å². The smallest absolute Gasteiger partial charge is 0.408 e. The fourth-order valence-electron chi connectivity index (χ4n) is 4.26. The summed E-state index contributed by atoms with van der Waals surface area (Å²) in [5.41, 5.74) is 3.95. The van der Waals surface area contributed by atoms with Gasteiger partial charge in [-0.2, -0.15) is 0 Å². The maximum Gasteiger partial charge on any atom is 0.408 e. The molecule has 1 aliphatic rings. The number of carbonyl (C=O) groups is 1. The van der Waals surface area contributed by atoms with Crippen LogP contribution in [-0.4, -0.2) is 52.4 Å². The summed E-state index contributed by atoms with van der Waals surface area (Å²) in [7, 11) is -3.24. The molecule has 2 aromatic heterocycles. The molecule has 2 atom stereocenters. The molecule has 7 nitrogen and oxygen atoms in total. The molecule has 1 aromatic carbocycles. The lowest BCUT2D eigenvalue weighted by Gasteiger charge is -2.35. The summed E-state index contributed by atoms with van der Waals surface area (Å²) in [4.78, 5) is 17.8. The molecule has 3 heterocycles. The third-order valence-corrected chi connectivity index (χ3v) is 6.90. The molecule has 3 aromatic rings. The van der Waals surface area contributed by atoms with E-state index in [2.05, 4.69) is 4.98 Å². The number of hydrogen-bond acceptors (Lipinski definition) is 4. The molecule has 0 unspecified atom stereocenters. The Morgan fingerprint density at radius 1 is 1.19 bits per heavy atom. The SMILES string of the molecule is C[C@H]1C=C(c2ccc(Cn3ccc4cc(S(C)(=O)=O)ccc43)nc2)C[C@H](C)N1C(=O)O. The molecule has 1 N–H and O–H groups in total. The highest BCUT2D eigenvalue weighted by molar-refractivity contribution is 7.90. The van der Waals surface area contributed by atoms with E-state index in [9.17, 15) is 18.3 Å². The number of aromatic nitrogens is 2. The number of sulfone groups is 1. The van der Waals surface area contributed by atoms with Crippen LogP contribution >= 0.6 is 0 Å². The minimum atomic E-state index is -3.24. The van der Waals surface area contributed by atoms with Crippen LogP contribution in [0.4, 0.5) is 4.79 Å². The molecule has 8 heteroatoms. The van der Waals surface area contributed by atoms with Crippen LogP contribution in [0.2, 0.25) is 0 Å². The molecule has 162 valence electrons. The molecule has 0 bridgehead atoms. The summed E-state index contributed by atoms with van der Waals surface area (Å²) in [5.74, 6) is 0. The second-order valence-electron chi connectivity index (χ2n) is 8.15. The number of fused-ring (bicyclic) bond motifs is 1. The first kappa shape index (κ1) is 21.1. The summed E-state index contributed by atoms with van der Waals surface area (Å²) in [6.07, 6.45) is 6.72. The molecule has 0 aliphatic carbocycles. The van der Waals surface area contributed by atoms with E-state index in [0.29, 0.717) is 17.9 Å². The predicted octanol–water partition coefficient (Wildman–Crippen LogP) is 4.03. The minimum absolute atomic E-state index is 0.0877. The van der Waals surface area contributed by atoms with E-state index >= 15 is 0 Å². The Morgan fingerprint density at radius 3 is 2.58 bits per heavy atom. The second kappa shape index (κ2) is 7.85. The lowest BCUT2D eigenvalue weighted by molar-refractivity contribution is 0.116. The van der Waals surface area contributed by atoms with E-state index in [1.807, 2.05) is 61.1 Å². The van der Waals surface area contributed by atoms with Crippen molar-refractivity contribution in [2.45, 2.75) is 43.8 Å². The van der Waals surface area contributed by atoms with Crippen molar-refractivity contribution in [1.82, 2.24) is 14.5 Å². The topological polar surface area (TPSA) is 92.5 Å². The van der Waals surface area contributed by atoms with E-state index in [0.717, 1.165) is 27.7 Å². The Kier molecular flexibility index (Phi) is 5.35. The fraction of sp³-hybridized carbons (Fsp3) is 0.304. The van der Waals surface area contributed by atoms with Crippen LogP contribution < -0.4 is 0 Å². The van der Waals surface area contributed by atoms with E-state index in [4.69, 9.17) is 0 Å². The highest BCUT2D eigenvalue weighted by Gasteiger charge is 2.29. The van der Waals surface area contributed by atoms with Gasteiger partial charge in [0.25, 0.3) is 0 Å². The monoisotopic (exact) mass is 439 g/mol. The van der Waals surface area contributed by atoms with Crippen LogP contribution in [0.15, 0.2) is 59.8 Å². The molecule has 31 heavy (non-hydrogen) atoms. The van der Waals surface area contributed by atoms with Gasteiger partial charge < -0.3 is 9.67 Å². The van der Waals surface area contributed by atoms with Gasteiger partial charge >= 0.3 is 6.09 Å². The zero-order valence-corrected chi connectivity index (χ0v) is 18.5. The van der Waals surface area contributed by atoms with E-state index in [1.165, 1.54) is 11.2 Å². The lowest BCUT2D eigenvalue weighted by Crippen LogP contribution is -2.45. The zero-order valence-electron chi connectivity index (χ0n) is 17.7. The largest absolute Gasteiger partial charge is 0.465 e. The first-order valence-corrected chi connectivity index (χ1v) is 12.0. The van der Waals surface area contributed by atoms with Gasteiger partial charge in [0.15, 0.2) is 9.84 Å².